The maximum absolute atomic E-state index is 12.0. The molecule has 0 spiro atoms. The molecular formula is C16H20ClNO6. The fourth-order valence-corrected chi connectivity index (χ4v) is 2.62. The quantitative estimate of drug-likeness (QED) is 0.749. The summed E-state index contributed by atoms with van der Waals surface area (Å²) in [7, 11) is 2.88. The normalized spacial score (nSPS) is 16.5. The second-order valence-electron chi connectivity index (χ2n) is 5.21. The number of hydrogen-bond donors (Lipinski definition) is 1. The SMILES string of the molecule is COc1cc(C(=O)OCC(=O)NC[C@H]2CCCO2)cc(Cl)c1OC. The Kier molecular flexibility index (Phi) is 6.69. The summed E-state index contributed by atoms with van der Waals surface area (Å²) in [5.41, 5.74) is 0.171. The lowest BCUT2D eigenvalue weighted by atomic mass is 10.2. The Labute approximate surface area is 145 Å². The van der Waals surface area contributed by atoms with Crippen molar-refractivity contribution >= 4 is 23.5 Å². The number of carbonyl (C=O) groups excluding carboxylic acids is 2. The zero-order chi connectivity index (χ0) is 17.5. The molecule has 1 aliphatic rings. The van der Waals surface area contributed by atoms with E-state index in [9.17, 15) is 9.59 Å². The first-order valence-corrected chi connectivity index (χ1v) is 7.90. The van der Waals surface area contributed by atoms with Crippen molar-refractivity contribution in [2.45, 2.75) is 18.9 Å². The maximum Gasteiger partial charge on any atom is 0.338 e. The van der Waals surface area contributed by atoms with Gasteiger partial charge in [-0.2, -0.15) is 0 Å². The summed E-state index contributed by atoms with van der Waals surface area (Å²) in [5, 5.41) is 2.89. The van der Waals surface area contributed by atoms with Crippen molar-refractivity contribution in [3.63, 3.8) is 0 Å². The van der Waals surface area contributed by atoms with Crippen molar-refractivity contribution in [3.05, 3.63) is 22.7 Å². The number of amides is 1. The van der Waals surface area contributed by atoms with E-state index in [1.54, 1.807) is 0 Å². The minimum absolute atomic E-state index is 0.0364. The summed E-state index contributed by atoms with van der Waals surface area (Å²) in [6.45, 7) is 0.756. The van der Waals surface area contributed by atoms with E-state index >= 15 is 0 Å². The summed E-state index contributed by atoms with van der Waals surface area (Å²) in [5.74, 6) is -0.430. The van der Waals surface area contributed by atoms with E-state index in [0.717, 1.165) is 19.4 Å². The summed E-state index contributed by atoms with van der Waals surface area (Å²) >= 11 is 6.04. The number of hydrogen-bond acceptors (Lipinski definition) is 6. The fraction of sp³-hybridized carbons (Fsp3) is 0.500. The average molecular weight is 358 g/mol. The molecule has 1 amide bonds. The van der Waals surface area contributed by atoms with Gasteiger partial charge in [0.2, 0.25) is 0 Å². The molecule has 1 saturated heterocycles. The van der Waals surface area contributed by atoms with Gasteiger partial charge in [0.25, 0.3) is 5.91 Å². The smallest absolute Gasteiger partial charge is 0.338 e. The van der Waals surface area contributed by atoms with Crippen LogP contribution in [0.4, 0.5) is 0 Å². The van der Waals surface area contributed by atoms with Crippen LogP contribution in [0.2, 0.25) is 5.02 Å². The van der Waals surface area contributed by atoms with Gasteiger partial charge in [0.1, 0.15) is 0 Å². The Morgan fingerprint density at radius 1 is 1.33 bits per heavy atom. The Morgan fingerprint density at radius 3 is 2.75 bits per heavy atom. The van der Waals surface area contributed by atoms with Crippen LogP contribution in [0.15, 0.2) is 12.1 Å². The molecular weight excluding hydrogens is 338 g/mol. The highest BCUT2D eigenvalue weighted by molar-refractivity contribution is 6.32. The third kappa shape index (κ3) is 4.75. The molecule has 1 aliphatic heterocycles. The number of methoxy groups -OCH3 is 2. The van der Waals surface area contributed by atoms with Gasteiger partial charge >= 0.3 is 5.97 Å². The highest BCUT2D eigenvalue weighted by Gasteiger charge is 2.19. The zero-order valence-corrected chi connectivity index (χ0v) is 14.4. The van der Waals surface area contributed by atoms with E-state index < -0.39 is 5.97 Å². The average Bonchev–Trinajstić information content (AvgIpc) is 3.10. The molecule has 132 valence electrons. The predicted octanol–water partition coefficient (Wildman–Crippen LogP) is 1.81. The minimum atomic E-state index is -0.676. The topological polar surface area (TPSA) is 83.1 Å². The lowest BCUT2D eigenvalue weighted by Crippen LogP contribution is -2.34. The van der Waals surface area contributed by atoms with Crippen LogP contribution < -0.4 is 14.8 Å². The van der Waals surface area contributed by atoms with Crippen LogP contribution in [0.25, 0.3) is 0 Å². The van der Waals surface area contributed by atoms with Gasteiger partial charge in [-0.15, -0.1) is 0 Å². The highest BCUT2D eigenvalue weighted by Crippen LogP contribution is 2.36. The third-order valence-corrected chi connectivity index (χ3v) is 3.84. The molecule has 0 aromatic heterocycles. The van der Waals surface area contributed by atoms with Gasteiger partial charge in [-0.05, 0) is 25.0 Å². The monoisotopic (exact) mass is 357 g/mol. The van der Waals surface area contributed by atoms with Crippen molar-refractivity contribution < 1.29 is 28.5 Å². The molecule has 1 heterocycles. The van der Waals surface area contributed by atoms with Gasteiger partial charge < -0.3 is 24.3 Å². The van der Waals surface area contributed by atoms with E-state index in [-0.39, 0.29) is 29.2 Å². The molecule has 1 aromatic carbocycles. The lowest BCUT2D eigenvalue weighted by Gasteiger charge is -2.12. The number of ether oxygens (including phenoxy) is 4. The number of carbonyl (C=O) groups is 2. The molecule has 0 aliphatic carbocycles. The summed E-state index contributed by atoms with van der Waals surface area (Å²) < 4.78 is 20.6. The molecule has 0 bridgehead atoms. The van der Waals surface area contributed by atoms with E-state index in [2.05, 4.69) is 5.32 Å². The lowest BCUT2D eigenvalue weighted by molar-refractivity contribution is -0.124. The summed E-state index contributed by atoms with van der Waals surface area (Å²) in [6.07, 6.45) is 1.95. The van der Waals surface area contributed by atoms with Gasteiger partial charge in [0, 0.05) is 13.2 Å². The van der Waals surface area contributed by atoms with Crippen molar-refractivity contribution in [1.82, 2.24) is 5.32 Å². The first kappa shape index (κ1) is 18.4. The van der Waals surface area contributed by atoms with Crippen molar-refractivity contribution in [2.75, 3.05) is 34.0 Å². The highest BCUT2D eigenvalue weighted by atomic mass is 35.5. The molecule has 7 nitrogen and oxygen atoms in total. The summed E-state index contributed by atoms with van der Waals surface area (Å²) in [4.78, 5) is 23.8. The largest absolute Gasteiger partial charge is 0.493 e. The number of halogens is 1. The third-order valence-electron chi connectivity index (χ3n) is 3.55. The zero-order valence-electron chi connectivity index (χ0n) is 13.6. The summed E-state index contributed by atoms with van der Waals surface area (Å²) in [6, 6.07) is 2.84. The molecule has 1 fully saturated rings. The molecule has 0 unspecified atom stereocenters. The Bertz CT molecular complexity index is 600. The Hall–Kier alpha value is -1.99. The van der Waals surface area contributed by atoms with E-state index in [1.807, 2.05) is 0 Å². The number of benzene rings is 1. The molecule has 8 heteroatoms. The van der Waals surface area contributed by atoms with Crippen molar-refractivity contribution in [2.24, 2.45) is 0 Å². The van der Waals surface area contributed by atoms with Crippen LogP contribution in [0.3, 0.4) is 0 Å². The Morgan fingerprint density at radius 2 is 2.12 bits per heavy atom. The van der Waals surface area contributed by atoms with Crippen molar-refractivity contribution in [1.29, 1.82) is 0 Å². The molecule has 0 saturated carbocycles. The first-order chi connectivity index (χ1) is 11.5. The van der Waals surface area contributed by atoms with E-state index in [4.69, 9.17) is 30.5 Å². The molecule has 1 N–H and O–H groups in total. The van der Waals surface area contributed by atoms with Gasteiger partial charge in [0.15, 0.2) is 18.1 Å². The van der Waals surface area contributed by atoms with Gasteiger partial charge in [-0.1, -0.05) is 11.6 Å². The second kappa shape index (κ2) is 8.75. The van der Waals surface area contributed by atoms with Crippen LogP contribution in [-0.4, -0.2) is 52.0 Å². The standard InChI is InChI=1S/C16H20ClNO6/c1-21-13-7-10(6-12(17)15(13)22-2)16(20)24-9-14(19)18-8-11-4-3-5-23-11/h6-7,11H,3-5,8-9H2,1-2H3,(H,18,19)/t11-/m1/s1. The van der Waals surface area contributed by atoms with Gasteiger partial charge in [0.05, 0.1) is 30.9 Å². The van der Waals surface area contributed by atoms with Crippen LogP contribution in [0.1, 0.15) is 23.2 Å². The predicted molar refractivity (Wildman–Crippen MR) is 86.8 cm³/mol. The number of nitrogens with one attached hydrogen (secondary N) is 1. The van der Waals surface area contributed by atoms with Crippen molar-refractivity contribution in [3.8, 4) is 11.5 Å². The molecule has 0 radical (unpaired) electrons. The molecule has 24 heavy (non-hydrogen) atoms. The Balaban J connectivity index is 1.87. The van der Waals surface area contributed by atoms with Gasteiger partial charge in [-0.25, -0.2) is 4.79 Å². The fourth-order valence-electron chi connectivity index (χ4n) is 2.33. The minimum Gasteiger partial charge on any atom is -0.493 e. The van der Waals surface area contributed by atoms with E-state index in [0.29, 0.717) is 18.0 Å². The molecule has 1 aromatic rings. The molecule has 1 atom stereocenters. The van der Waals surface area contributed by atoms with Crippen LogP contribution in [0, 0.1) is 0 Å². The maximum atomic E-state index is 12.0. The van der Waals surface area contributed by atoms with Gasteiger partial charge in [-0.3, -0.25) is 4.79 Å². The van der Waals surface area contributed by atoms with Crippen LogP contribution >= 0.6 is 11.6 Å². The van der Waals surface area contributed by atoms with E-state index in [1.165, 1.54) is 26.4 Å². The number of rotatable bonds is 7. The van der Waals surface area contributed by atoms with Crippen LogP contribution in [0.5, 0.6) is 11.5 Å². The first-order valence-electron chi connectivity index (χ1n) is 7.52. The molecule has 2 rings (SSSR count). The second-order valence-corrected chi connectivity index (χ2v) is 5.62. The van der Waals surface area contributed by atoms with Crippen LogP contribution in [-0.2, 0) is 14.3 Å². The number of esters is 1.